The van der Waals surface area contributed by atoms with Gasteiger partial charge in [-0.15, -0.1) is 0 Å². The van der Waals surface area contributed by atoms with E-state index < -0.39 is 24.1 Å². The number of aromatic amines is 1. The van der Waals surface area contributed by atoms with Crippen LogP contribution in [0.3, 0.4) is 0 Å². The van der Waals surface area contributed by atoms with Crippen LogP contribution in [-0.2, 0) is 4.74 Å². The maximum atomic E-state index is 11.3. The monoisotopic (exact) mass is 267 g/mol. The number of nitrogens with zero attached hydrogens (tertiary/aromatic N) is 3. The van der Waals surface area contributed by atoms with Gasteiger partial charge in [0.25, 0.3) is 0 Å². The molecule has 0 bridgehead atoms. The second-order valence-corrected chi connectivity index (χ2v) is 4.41. The summed E-state index contributed by atoms with van der Waals surface area (Å²) in [5.41, 5.74) is 5.62. The van der Waals surface area contributed by atoms with E-state index in [0.717, 1.165) is 0 Å². The van der Waals surface area contributed by atoms with Crippen LogP contribution < -0.4 is 11.4 Å². The van der Waals surface area contributed by atoms with Crippen molar-refractivity contribution in [3.63, 3.8) is 0 Å². The number of hydrogen-bond acceptors (Lipinski definition) is 7. The predicted molar refractivity (Wildman–Crippen MR) is 64.2 cm³/mol. The number of nitrogens with two attached hydrogens (primary N) is 1. The zero-order valence-corrected chi connectivity index (χ0v) is 9.85. The number of H-pyrrole nitrogens is 1. The minimum absolute atomic E-state index is 0.111. The van der Waals surface area contributed by atoms with Crippen molar-refractivity contribution in [3.05, 3.63) is 16.8 Å². The number of imidazole rings is 1. The summed E-state index contributed by atoms with van der Waals surface area (Å²) >= 11 is 0. The highest BCUT2D eigenvalue weighted by atomic mass is 16.5. The molecule has 19 heavy (non-hydrogen) atoms. The number of anilines is 1. The number of aliphatic hydroxyl groups is 2. The van der Waals surface area contributed by atoms with Crippen LogP contribution in [0, 0.1) is 0 Å². The topological polar surface area (TPSA) is 139 Å². The Labute approximate surface area is 106 Å². The van der Waals surface area contributed by atoms with E-state index >= 15 is 0 Å². The molecule has 1 fully saturated rings. The normalized spacial score (nSPS) is 27.2. The Morgan fingerprint density at radius 1 is 1.63 bits per heavy atom. The van der Waals surface area contributed by atoms with Crippen LogP contribution in [0.5, 0.6) is 0 Å². The number of aromatic nitrogens is 4. The first kappa shape index (κ1) is 12.1. The molecule has 0 radical (unpaired) electrons. The molecule has 1 aliphatic rings. The molecule has 2 aromatic heterocycles. The Kier molecular flexibility index (Phi) is 2.73. The second kappa shape index (κ2) is 4.30. The molecule has 3 heterocycles. The number of nitrogens with one attached hydrogen (secondary N) is 1. The minimum atomic E-state index is -0.808. The Morgan fingerprint density at radius 3 is 3.11 bits per heavy atom. The van der Waals surface area contributed by atoms with Crippen LogP contribution in [0.25, 0.3) is 11.2 Å². The first-order chi connectivity index (χ1) is 9.10. The van der Waals surface area contributed by atoms with Crippen LogP contribution >= 0.6 is 0 Å². The molecule has 0 aromatic carbocycles. The fourth-order valence-electron chi connectivity index (χ4n) is 2.24. The van der Waals surface area contributed by atoms with Gasteiger partial charge in [0.15, 0.2) is 11.9 Å². The van der Waals surface area contributed by atoms with E-state index in [9.17, 15) is 9.90 Å². The molecule has 9 heteroatoms. The molecule has 3 unspecified atom stereocenters. The van der Waals surface area contributed by atoms with E-state index in [2.05, 4.69) is 15.0 Å². The largest absolute Gasteiger partial charge is 0.394 e. The fraction of sp³-hybridized carbons (Fsp3) is 0.500. The highest BCUT2D eigenvalue weighted by molar-refractivity contribution is 5.81. The Morgan fingerprint density at radius 2 is 2.42 bits per heavy atom. The second-order valence-electron chi connectivity index (χ2n) is 4.41. The lowest BCUT2D eigenvalue weighted by molar-refractivity contribution is -0.0487. The van der Waals surface area contributed by atoms with Crippen LogP contribution in [0.2, 0.25) is 0 Å². The van der Waals surface area contributed by atoms with Gasteiger partial charge in [-0.25, -0.2) is 9.78 Å². The molecule has 1 saturated heterocycles. The van der Waals surface area contributed by atoms with E-state index in [4.69, 9.17) is 15.6 Å². The van der Waals surface area contributed by atoms with Crippen molar-refractivity contribution in [1.82, 2.24) is 19.5 Å². The van der Waals surface area contributed by atoms with Gasteiger partial charge < -0.3 is 20.7 Å². The molecular formula is C10H13N5O4. The number of rotatable bonds is 2. The molecule has 0 saturated carbocycles. The molecule has 3 atom stereocenters. The van der Waals surface area contributed by atoms with Crippen LogP contribution in [0.1, 0.15) is 12.6 Å². The number of nitrogen functional groups attached to an aromatic ring is 1. The van der Waals surface area contributed by atoms with Crippen LogP contribution in [0.15, 0.2) is 11.1 Å². The molecule has 9 nitrogen and oxygen atoms in total. The quantitative estimate of drug-likeness (QED) is 0.510. The van der Waals surface area contributed by atoms with Crippen molar-refractivity contribution >= 4 is 17.0 Å². The third kappa shape index (κ3) is 1.87. The smallest absolute Gasteiger partial charge is 0.348 e. The SMILES string of the molecule is Nc1[nH]c(=O)nc2c1ncn2C1OC(CO)CC1O. The first-order valence-corrected chi connectivity index (χ1v) is 5.77. The Bertz CT molecular complexity index is 665. The lowest BCUT2D eigenvalue weighted by Crippen LogP contribution is -2.21. The maximum absolute atomic E-state index is 11.3. The zero-order valence-electron chi connectivity index (χ0n) is 9.85. The van der Waals surface area contributed by atoms with Gasteiger partial charge in [0, 0.05) is 6.42 Å². The highest BCUT2D eigenvalue weighted by Crippen LogP contribution is 2.30. The Balaban J connectivity index is 2.09. The maximum Gasteiger partial charge on any atom is 0.348 e. The van der Waals surface area contributed by atoms with Gasteiger partial charge in [0.1, 0.15) is 17.4 Å². The predicted octanol–water partition coefficient (Wildman–Crippen LogP) is -1.66. The average Bonchev–Trinajstić information content (AvgIpc) is 2.92. The first-order valence-electron chi connectivity index (χ1n) is 5.77. The summed E-state index contributed by atoms with van der Waals surface area (Å²) in [5, 5.41) is 19.0. The molecule has 3 rings (SSSR count). The van der Waals surface area contributed by atoms with Gasteiger partial charge in [-0.2, -0.15) is 4.98 Å². The summed E-state index contributed by atoms with van der Waals surface area (Å²) in [6, 6.07) is 0. The summed E-state index contributed by atoms with van der Waals surface area (Å²) in [6.07, 6.45) is -0.293. The van der Waals surface area contributed by atoms with E-state index in [1.807, 2.05) is 0 Å². The zero-order chi connectivity index (χ0) is 13.6. The number of ether oxygens (including phenoxy) is 1. The summed E-state index contributed by atoms with van der Waals surface area (Å²) < 4.78 is 6.93. The highest BCUT2D eigenvalue weighted by Gasteiger charge is 2.35. The van der Waals surface area contributed by atoms with Crippen LogP contribution in [0.4, 0.5) is 5.82 Å². The molecule has 102 valence electrons. The lowest BCUT2D eigenvalue weighted by Gasteiger charge is -2.16. The van der Waals surface area contributed by atoms with Crippen molar-refractivity contribution in [2.24, 2.45) is 0 Å². The summed E-state index contributed by atoms with van der Waals surface area (Å²) in [6.45, 7) is -0.184. The third-order valence-corrected chi connectivity index (χ3v) is 3.11. The van der Waals surface area contributed by atoms with Crippen molar-refractivity contribution in [3.8, 4) is 0 Å². The number of fused-ring (bicyclic) bond motifs is 1. The van der Waals surface area contributed by atoms with Gasteiger partial charge in [-0.3, -0.25) is 9.55 Å². The average molecular weight is 267 g/mol. The van der Waals surface area contributed by atoms with Crippen LogP contribution in [-0.4, -0.2) is 48.5 Å². The van der Waals surface area contributed by atoms with Crippen molar-refractivity contribution in [2.75, 3.05) is 12.3 Å². The van der Waals surface area contributed by atoms with Gasteiger partial charge in [-0.05, 0) is 0 Å². The number of aliphatic hydroxyl groups excluding tert-OH is 2. The van der Waals surface area contributed by atoms with Gasteiger partial charge in [-0.1, -0.05) is 0 Å². The Hall–Kier alpha value is -1.97. The number of hydrogen-bond donors (Lipinski definition) is 4. The van der Waals surface area contributed by atoms with Gasteiger partial charge in [0.05, 0.1) is 19.0 Å². The van der Waals surface area contributed by atoms with E-state index in [1.165, 1.54) is 10.9 Å². The molecular weight excluding hydrogens is 254 g/mol. The van der Waals surface area contributed by atoms with E-state index in [1.54, 1.807) is 0 Å². The lowest BCUT2D eigenvalue weighted by atomic mass is 10.2. The molecule has 0 amide bonds. The van der Waals surface area contributed by atoms with E-state index in [0.29, 0.717) is 11.9 Å². The fourth-order valence-corrected chi connectivity index (χ4v) is 2.24. The summed E-state index contributed by atoms with van der Waals surface area (Å²) in [5.74, 6) is 0.111. The minimum Gasteiger partial charge on any atom is -0.394 e. The molecule has 1 aliphatic heterocycles. The standard InChI is InChI=1S/C10H13N5O4/c11-7-6-8(14-10(18)13-7)15(3-12-6)9-5(17)1-4(2-16)19-9/h3-5,9,16-17H,1-2H2,(H3,11,13,14,18). The van der Waals surface area contributed by atoms with Crippen molar-refractivity contribution in [1.29, 1.82) is 0 Å². The van der Waals surface area contributed by atoms with Crippen molar-refractivity contribution in [2.45, 2.75) is 24.9 Å². The summed E-state index contributed by atoms with van der Waals surface area (Å²) in [4.78, 5) is 21.5. The van der Waals surface area contributed by atoms with E-state index in [-0.39, 0.29) is 18.1 Å². The molecule has 5 N–H and O–H groups in total. The third-order valence-electron chi connectivity index (χ3n) is 3.11. The molecule has 2 aromatic rings. The van der Waals surface area contributed by atoms with Gasteiger partial charge in [0.2, 0.25) is 0 Å². The summed E-state index contributed by atoms with van der Waals surface area (Å²) in [7, 11) is 0. The molecule has 0 aliphatic carbocycles. The molecule has 0 spiro atoms. The van der Waals surface area contributed by atoms with Gasteiger partial charge >= 0.3 is 5.69 Å². The van der Waals surface area contributed by atoms with Crippen molar-refractivity contribution < 1.29 is 14.9 Å².